The van der Waals surface area contributed by atoms with Gasteiger partial charge in [-0.15, -0.1) is 0 Å². The number of nitriles is 1. The van der Waals surface area contributed by atoms with Gasteiger partial charge < -0.3 is 5.11 Å². The Balaban J connectivity index is 3.01. The molecule has 0 saturated heterocycles. The second-order valence-corrected chi connectivity index (χ2v) is 3.97. The highest BCUT2D eigenvalue weighted by Gasteiger charge is 2.24. The Hall–Kier alpha value is -2.46. The number of nitrogens with zero attached hydrogens (tertiary/aromatic N) is 3. The smallest absolute Gasteiger partial charge is 0.304 e. The van der Waals surface area contributed by atoms with Crippen molar-refractivity contribution in [1.29, 1.82) is 5.26 Å². The molecule has 7 heteroatoms. The predicted octanol–water partition coefficient (Wildman–Crippen LogP) is 1.57. The van der Waals surface area contributed by atoms with E-state index in [0.29, 0.717) is 0 Å². The van der Waals surface area contributed by atoms with Crippen molar-refractivity contribution in [2.24, 2.45) is 0 Å². The maximum absolute atomic E-state index is 10.9. The van der Waals surface area contributed by atoms with Crippen LogP contribution in [0.3, 0.4) is 0 Å². The molecule has 0 heterocycles. The average Bonchev–Trinajstić information content (AvgIpc) is 2.37. The van der Waals surface area contributed by atoms with E-state index in [1.165, 1.54) is 23.1 Å². The van der Waals surface area contributed by atoms with Gasteiger partial charge in [0.2, 0.25) is 0 Å². The molecule has 1 rings (SSSR count). The predicted molar refractivity (Wildman–Crippen MR) is 66.3 cm³/mol. The minimum atomic E-state index is -0.980. The van der Waals surface area contributed by atoms with Crippen LogP contribution < -0.4 is 0 Å². The molecular formula is C12H13N3O4. The first-order valence-electron chi connectivity index (χ1n) is 5.52. The van der Waals surface area contributed by atoms with E-state index in [4.69, 9.17) is 10.4 Å². The fraction of sp³-hybridized carbons (Fsp3) is 0.333. The van der Waals surface area contributed by atoms with Crippen LogP contribution in [0.1, 0.15) is 18.0 Å². The molecule has 0 amide bonds. The number of carbonyl (C=O) groups is 1. The Kier molecular flexibility index (Phi) is 4.97. The number of nitro groups is 1. The zero-order valence-electron chi connectivity index (χ0n) is 10.3. The number of hydrogen-bond acceptors (Lipinski definition) is 5. The molecule has 0 bridgehead atoms. The Bertz CT molecular complexity index is 524. The molecule has 0 fully saturated rings. The van der Waals surface area contributed by atoms with E-state index in [0.717, 1.165) is 0 Å². The minimum Gasteiger partial charge on any atom is -0.481 e. The van der Waals surface area contributed by atoms with E-state index in [9.17, 15) is 14.9 Å². The Labute approximate surface area is 109 Å². The highest BCUT2D eigenvalue weighted by Crippen LogP contribution is 2.27. The standard InChI is InChI=1S/C12H13N3O4/c1-14(7-6-12(16)17)11(8-13)9-4-2-3-5-10(9)15(18)19/h2-5,11H,6-7H2,1H3,(H,16,17). The third kappa shape index (κ3) is 3.76. The summed E-state index contributed by atoms with van der Waals surface area (Å²) in [4.78, 5) is 22.4. The van der Waals surface area contributed by atoms with Gasteiger partial charge in [0.05, 0.1) is 23.0 Å². The summed E-state index contributed by atoms with van der Waals surface area (Å²) >= 11 is 0. The second-order valence-electron chi connectivity index (χ2n) is 3.97. The number of rotatable bonds is 6. The molecule has 1 aromatic carbocycles. The topological polar surface area (TPSA) is 107 Å². The number of benzene rings is 1. The van der Waals surface area contributed by atoms with Crippen molar-refractivity contribution in [3.05, 3.63) is 39.9 Å². The largest absolute Gasteiger partial charge is 0.481 e. The number of aliphatic carboxylic acids is 1. The summed E-state index contributed by atoms with van der Waals surface area (Å²) in [6.07, 6.45) is -0.130. The second kappa shape index (κ2) is 6.47. The molecule has 0 aliphatic carbocycles. The van der Waals surface area contributed by atoms with Crippen molar-refractivity contribution < 1.29 is 14.8 Å². The molecule has 0 radical (unpaired) electrons. The molecule has 7 nitrogen and oxygen atoms in total. The normalized spacial score (nSPS) is 11.8. The van der Waals surface area contributed by atoms with Crippen LogP contribution in [0.25, 0.3) is 0 Å². The number of carboxylic acid groups (broad SMARTS) is 1. The highest BCUT2D eigenvalue weighted by molar-refractivity contribution is 5.66. The van der Waals surface area contributed by atoms with Crippen LogP contribution in [0.15, 0.2) is 24.3 Å². The SMILES string of the molecule is CN(CCC(=O)O)C(C#N)c1ccccc1[N+](=O)[O-]. The van der Waals surface area contributed by atoms with Gasteiger partial charge in [0.1, 0.15) is 6.04 Å². The van der Waals surface area contributed by atoms with Gasteiger partial charge in [0.15, 0.2) is 0 Å². The molecular weight excluding hydrogens is 250 g/mol. The molecule has 1 atom stereocenters. The number of nitro benzene ring substituents is 1. The van der Waals surface area contributed by atoms with Gasteiger partial charge in [-0.3, -0.25) is 19.8 Å². The van der Waals surface area contributed by atoms with Crippen LogP contribution in [0.5, 0.6) is 0 Å². The summed E-state index contributed by atoms with van der Waals surface area (Å²) in [6.45, 7) is 0.139. The summed E-state index contributed by atoms with van der Waals surface area (Å²) in [5, 5.41) is 28.7. The Morgan fingerprint density at radius 1 is 1.58 bits per heavy atom. The summed E-state index contributed by atoms with van der Waals surface area (Å²) in [5.41, 5.74) is 0.124. The van der Waals surface area contributed by atoms with E-state index in [2.05, 4.69) is 0 Å². The summed E-state index contributed by atoms with van der Waals surface area (Å²) < 4.78 is 0. The van der Waals surface area contributed by atoms with E-state index >= 15 is 0 Å². The highest BCUT2D eigenvalue weighted by atomic mass is 16.6. The Morgan fingerprint density at radius 2 is 2.21 bits per heavy atom. The van der Waals surface area contributed by atoms with Crippen molar-refractivity contribution in [1.82, 2.24) is 4.90 Å². The van der Waals surface area contributed by atoms with Crippen molar-refractivity contribution in [2.45, 2.75) is 12.5 Å². The van der Waals surface area contributed by atoms with Crippen LogP contribution in [0, 0.1) is 21.4 Å². The number of para-hydroxylation sites is 1. The van der Waals surface area contributed by atoms with Crippen LogP contribution in [-0.2, 0) is 4.79 Å². The minimum absolute atomic E-state index is 0.130. The third-order valence-corrected chi connectivity index (χ3v) is 2.67. The van der Waals surface area contributed by atoms with Crippen molar-refractivity contribution in [2.75, 3.05) is 13.6 Å². The first kappa shape index (κ1) is 14.6. The molecule has 0 aliphatic rings. The van der Waals surface area contributed by atoms with Gasteiger partial charge in [-0.2, -0.15) is 5.26 Å². The van der Waals surface area contributed by atoms with Gasteiger partial charge in [-0.25, -0.2) is 0 Å². The lowest BCUT2D eigenvalue weighted by Gasteiger charge is -2.21. The third-order valence-electron chi connectivity index (χ3n) is 2.67. The lowest BCUT2D eigenvalue weighted by Crippen LogP contribution is -2.26. The molecule has 0 aliphatic heterocycles. The van der Waals surface area contributed by atoms with Crippen LogP contribution in [-0.4, -0.2) is 34.5 Å². The summed E-state index contributed by atoms with van der Waals surface area (Å²) in [6, 6.07) is 7.08. The van der Waals surface area contributed by atoms with Crippen molar-refractivity contribution in [3.8, 4) is 6.07 Å². The molecule has 1 aromatic rings. The van der Waals surface area contributed by atoms with E-state index in [1.807, 2.05) is 6.07 Å². The first-order valence-corrected chi connectivity index (χ1v) is 5.52. The lowest BCUT2D eigenvalue weighted by atomic mass is 10.0. The molecule has 1 N–H and O–H groups in total. The van der Waals surface area contributed by atoms with Gasteiger partial charge >= 0.3 is 5.97 Å². The zero-order chi connectivity index (χ0) is 14.4. The van der Waals surface area contributed by atoms with E-state index in [1.54, 1.807) is 13.1 Å². The van der Waals surface area contributed by atoms with Gasteiger partial charge in [-0.05, 0) is 13.1 Å². The van der Waals surface area contributed by atoms with Crippen molar-refractivity contribution >= 4 is 11.7 Å². The van der Waals surface area contributed by atoms with Crippen LogP contribution >= 0.6 is 0 Å². The fourth-order valence-corrected chi connectivity index (χ4v) is 1.69. The molecule has 19 heavy (non-hydrogen) atoms. The number of hydrogen-bond donors (Lipinski definition) is 1. The van der Waals surface area contributed by atoms with Crippen LogP contribution in [0.4, 0.5) is 5.69 Å². The lowest BCUT2D eigenvalue weighted by molar-refractivity contribution is -0.385. The van der Waals surface area contributed by atoms with Gasteiger partial charge in [-0.1, -0.05) is 12.1 Å². The van der Waals surface area contributed by atoms with E-state index < -0.39 is 16.9 Å². The molecule has 100 valence electrons. The first-order chi connectivity index (χ1) is 8.97. The average molecular weight is 263 g/mol. The maximum Gasteiger partial charge on any atom is 0.304 e. The van der Waals surface area contributed by atoms with Gasteiger partial charge in [0, 0.05) is 12.6 Å². The molecule has 0 aromatic heterocycles. The number of carboxylic acids is 1. The maximum atomic E-state index is 10.9. The molecule has 1 unspecified atom stereocenters. The summed E-state index contributed by atoms with van der Waals surface area (Å²) in [7, 11) is 1.56. The quantitative estimate of drug-likeness (QED) is 0.616. The van der Waals surface area contributed by atoms with E-state index in [-0.39, 0.29) is 24.2 Å². The summed E-state index contributed by atoms with van der Waals surface area (Å²) in [5.74, 6) is -0.980. The Morgan fingerprint density at radius 3 is 2.74 bits per heavy atom. The monoisotopic (exact) mass is 263 g/mol. The van der Waals surface area contributed by atoms with Crippen LogP contribution in [0.2, 0.25) is 0 Å². The fourth-order valence-electron chi connectivity index (χ4n) is 1.69. The molecule has 0 saturated carbocycles. The van der Waals surface area contributed by atoms with Gasteiger partial charge in [0.25, 0.3) is 5.69 Å². The zero-order valence-corrected chi connectivity index (χ0v) is 10.3. The molecule has 0 spiro atoms. The van der Waals surface area contributed by atoms with Crippen molar-refractivity contribution in [3.63, 3.8) is 0 Å².